The van der Waals surface area contributed by atoms with Crippen LogP contribution in [-0.2, 0) is 4.74 Å². The van der Waals surface area contributed by atoms with Gasteiger partial charge in [-0.3, -0.25) is 0 Å². The highest BCUT2D eigenvalue weighted by Gasteiger charge is 2.11. The summed E-state index contributed by atoms with van der Waals surface area (Å²) in [5, 5.41) is 0. The fourth-order valence-electron chi connectivity index (χ4n) is 1.38. The molecule has 1 aliphatic rings. The number of hydrogen-bond donors (Lipinski definition) is 1. The van der Waals surface area contributed by atoms with Crippen molar-refractivity contribution in [3.05, 3.63) is 18.3 Å². The van der Waals surface area contributed by atoms with Crippen molar-refractivity contribution in [3.8, 4) is 0 Å². The lowest BCUT2D eigenvalue weighted by molar-refractivity contribution is 0.122. The normalized spacial score (nSPS) is 15.1. The molecule has 0 unspecified atom stereocenters. The lowest BCUT2D eigenvalue weighted by Crippen LogP contribution is -2.36. The van der Waals surface area contributed by atoms with Crippen molar-refractivity contribution in [2.75, 3.05) is 36.9 Å². The summed E-state index contributed by atoms with van der Waals surface area (Å²) in [5.74, 6) is 0.984. The molecular formula is C9H15Cl2N3O. The predicted molar refractivity (Wildman–Crippen MR) is 66.2 cm³/mol. The second-order valence-electron chi connectivity index (χ2n) is 3.05. The zero-order chi connectivity index (χ0) is 9.10. The van der Waals surface area contributed by atoms with Crippen LogP contribution in [0.2, 0.25) is 0 Å². The molecule has 4 nitrogen and oxygen atoms in total. The Balaban J connectivity index is 0.000000980. The van der Waals surface area contributed by atoms with E-state index in [2.05, 4.69) is 9.88 Å². The van der Waals surface area contributed by atoms with E-state index in [0.717, 1.165) is 32.1 Å². The minimum atomic E-state index is 0. The summed E-state index contributed by atoms with van der Waals surface area (Å²) < 4.78 is 5.25. The molecule has 2 N–H and O–H groups in total. The third-order valence-corrected chi connectivity index (χ3v) is 2.11. The van der Waals surface area contributed by atoms with Gasteiger partial charge in [0, 0.05) is 13.1 Å². The molecule has 2 rings (SSSR count). The highest BCUT2D eigenvalue weighted by Crippen LogP contribution is 2.13. The van der Waals surface area contributed by atoms with Gasteiger partial charge in [0.15, 0.2) is 0 Å². The molecule has 0 saturated carbocycles. The number of halogens is 2. The van der Waals surface area contributed by atoms with E-state index in [-0.39, 0.29) is 24.8 Å². The topological polar surface area (TPSA) is 51.4 Å². The molecule has 0 amide bonds. The summed E-state index contributed by atoms with van der Waals surface area (Å²) in [4.78, 5) is 6.44. The highest BCUT2D eigenvalue weighted by molar-refractivity contribution is 5.85. The number of aromatic nitrogens is 1. The molecule has 1 fully saturated rings. The average molecular weight is 252 g/mol. The molecule has 2 heterocycles. The molecule has 15 heavy (non-hydrogen) atoms. The molecule has 1 aromatic heterocycles. The zero-order valence-electron chi connectivity index (χ0n) is 8.26. The van der Waals surface area contributed by atoms with Gasteiger partial charge < -0.3 is 15.4 Å². The minimum absolute atomic E-state index is 0. The van der Waals surface area contributed by atoms with Gasteiger partial charge in [0.25, 0.3) is 0 Å². The number of nitrogen functional groups attached to an aromatic ring is 1. The van der Waals surface area contributed by atoms with Crippen molar-refractivity contribution in [1.82, 2.24) is 4.98 Å². The SMILES string of the molecule is Cl.Cl.Nc1ccc(N2CCOCC2)nc1. The van der Waals surface area contributed by atoms with Gasteiger partial charge >= 0.3 is 0 Å². The Hall–Kier alpha value is -0.710. The van der Waals surface area contributed by atoms with Gasteiger partial charge in [-0.1, -0.05) is 0 Å². The fourth-order valence-corrected chi connectivity index (χ4v) is 1.38. The number of hydrogen-bond acceptors (Lipinski definition) is 4. The highest BCUT2D eigenvalue weighted by atomic mass is 35.5. The average Bonchev–Trinajstić information content (AvgIpc) is 2.20. The summed E-state index contributed by atoms with van der Waals surface area (Å²) in [6, 6.07) is 3.82. The monoisotopic (exact) mass is 251 g/mol. The molecule has 0 aromatic carbocycles. The van der Waals surface area contributed by atoms with E-state index >= 15 is 0 Å². The van der Waals surface area contributed by atoms with Crippen LogP contribution in [-0.4, -0.2) is 31.3 Å². The van der Waals surface area contributed by atoms with Crippen LogP contribution in [0.5, 0.6) is 0 Å². The Morgan fingerprint density at radius 2 is 1.87 bits per heavy atom. The number of pyridine rings is 1. The first-order valence-electron chi connectivity index (χ1n) is 4.40. The fraction of sp³-hybridized carbons (Fsp3) is 0.444. The van der Waals surface area contributed by atoms with Crippen molar-refractivity contribution in [1.29, 1.82) is 0 Å². The van der Waals surface area contributed by atoms with E-state index in [0.29, 0.717) is 5.69 Å². The Labute approximate surface area is 102 Å². The Morgan fingerprint density at radius 1 is 1.20 bits per heavy atom. The van der Waals surface area contributed by atoms with Gasteiger partial charge in [0.2, 0.25) is 0 Å². The maximum Gasteiger partial charge on any atom is 0.128 e. The molecule has 86 valence electrons. The van der Waals surface area contributed by atoms with E-state index in [4.69, 9.17) is 10.5 Å². The van der Waals surface area contributed by atoms with Gasteiger partial charge in [0.05, 0.1) is 25.1 Å². The first kappa shape index (κ1) is 14.3. The summed E-state index contributed by atoms with van der Waals surface area (Å²) >= 11 is 0. The second kappa shape index (κ2) is 6.71. The number of morpholine rings is 1. The largest absolute Gasteiger partial charge is 0.397 e. The standard InChI is InChI=1S/C9H13N3O.2ClH/c10-8-1-2-9(11-7-8)12-3-5-13-6-4-12;;/h1-2,7H,3-6,10H2;2*1H. The van der Waals surface area contributed by atoms with Gasteiger partial charge in [-0.25, -0.2) is 4.98 Å². The number of rotatable bonds is 1. The summed E-state index contributed by atoms with van der Waals surface area (Å²) in [6.07, 6.45) is 1.69. The Bertz CT molecular complexity index is 275. The van der Waals surface area contributed by atoms with Crippen molar-refractivity contribution in [2.24, 2.45) is 0 Å². The summed E-state index contributed by atoms with van der Waals surface area (Å²) in [6.45, 7) is 3.39. The maximum atomic E-state index is 5.55. The Kier molecular flexibility index (Phi) is 6.40. The van der Waals surface area contributed by atoms with E-state index < -0.39 is 0 Å². The molecule has 0 aliphatic carbocycles. The van der Waals surface area contributed by atoms with Crippen LogP contribution in [0.4, 0.5) is 11.5 Å². The van der Waals surface area contributed by atoms with Crippen LogP contribution in [0.1, 0.15) is 0 Å². The van der Waals surface area contributed by atoms with Crippen molar-refractivity contribution in [3.63, 3.8) is 0 Å². The van der Waals surface area contributed by atoms with Crippen LogP contribution in [0.15, 0.2) is 18.3 Å². The molecule has 0 atom stereocenters. The van der Waals surface area contributed by atoms with E-state index in [9.17, 15) is 0 Å². The second-order valence-corrected chi connectivity index (χ2v) is 3.05. The van der Waals surface area contributed by atoms with Crippen molar-refractivity contribution < 1.29 is 4.74 Å². The molecule has 0 bridgehead atoms. The summed E-state index contributed by atoms with van der Waals surface area (Å²) in [5.41, 5.74) is 6.26. The molecule has 1 aromatic rings. The molecule has 0 spiro atoms. The van der Waals surface area contributed by atoms with Crippen LogP contribution >= 0.6 is 24.8 Å². The molecule has 1 aliphatic heterocycles. The number of nitrogens with two attached hydrogens (primary N) is 1. The number of ether oxygens (including phenoxy) is 1. The first-order valence-corrected chi connectivity index (χ1v) is 4.40. The van der Waals surface area contributed by atoms with E-state index in [1.165, 1.54) is 0 Å². The quantitative estimate of drug-likeness (QED) is 0.819. The molecule has 6 heteroatoms. The van der Waals surface area contributed by atoms with Gasteiger partial charge in [-0.2, -0.15) is 0 Å². The number of anilines is 2. The number of nitrogens with zero attached hydrogens (tertiary/aromatic N) is 2. The van der Waals surface area contributed by atoms with E-state index in [1.54, 1.807) is 6.20 Å². The lowest BCUT2D eigenvalue weighted by atomic mass is 10.3. The maximum absolute atomic E-state index is 5.55. The van der Waals surface area contributed by atoms with Gasteiger partial charge in [0.1, 0.15) is 5.82 Å². The zero-order valence-corrected chi connectivity index (χ0v) is 9.89. The molecule has 0 radical (unpaired) electrons. The molecular weight excluding hydrogens is 237 g/mol. The summed E-state index contributed by atoms with van der Waals surface area (Å²) in [7, 11) is 0. The van der Waals surface area contributed by atoms with Gasteiger partial charge in [-0.15, -0.1) is 24.8 Å². The first-order chi connectivity index (χ1) is 6.36. The smallest absolute Gasteiger partial charge is 0.128 e. The predicted octanol–water partition coefficient (Wildman–Crippen LogP) is 1.34. The molecule has 1 saturated heterocycles. The van der Waals surface area contributed by atoms with Crippen LogP contribution in [0.3, 0.4) is 0 Å². The van der Waals surface area contributed by atoms with Crippen molar-refractivity contribution in [2.45, 2.75) is 0 Å². The van der Waals surface area contributed by atoms with E-state index in [1.807, 2.05) is 12.1 Å². The van der Waals surface area contributed by atoms with Crippen molar-refractivity contribution >= 4 is 36.3 Å². The van der Waals surface area contributed by atoms with Gasteiger partial charge in [-0.05, 0) is 12.1 Å². The third-order valence-electron chi connectivity index (χ3n) is 2.11. The third kappa shape index (κ3) is 3.74. The van der Waals surface area contributed by atoms with Crippen LogP contribution < -0.4 is 10.6 Å². The van der Waals surface area contributed by atoms with Crippen LogP contribution in [0.25, 0.3) is 0 Å². The lowest BCUT2D eigenvalue weighted by Gasteiger charge is -2.27. The van der Waals surface area contributed by atoms with Crippen LogP contribution in [0, 0.1) is 0 Å². The minimum Gasteiger partial charge on any atom is -0.397 e. The Morgan fingerprint density at radius 3 is 2.40 bits per heavy atom.